The molecule has 0 N–H and O–H groups in total. The topological polar surface area (TPSA) is 50.1 Å². The normalized spacial score (nSPS) is 9.56. The Morgan fingerprint density at radius 2 is 1.89 bits per heavy atom. The van der Waals surface area contributed by atoms with Gasteiger partial charge in [0.05, 0.1) is 18.7 Å². The molecule has 0 saturated carbocycles. The molecule has 0 radical (unpaired) electrons. The van der Waals surface area contributed by atoms with Crippen molar-refractivity contribution in [3.8, 4) is 22.9 Å². The van der Waals surface area contributed by atoms with Gasteiger partial charge in [0, 0.05) is 11.1 Å². The zero-order valence-corrected chi connectivity index (χ0v) is 9.88. The summed E-state index contributed by atoms with van der Waals surface area (Å²) in [5.74, 6) is 0.702. The quantitative estimate of drug-likeness (QED) is 0.771. The number of nitrogens with zero attached hydrogens (tertiary/aromatic N) is 1. The fraction of sp³-hybridized carbons (Fsp3) is 0.0667. The highest BCUT2D eigenvalue weighted by Gasteiger charge is 2.07. The Morgan fingerprint density at radius 1 is 1.17 bits per heavy atom. The lowest BCUT2D eigenvalue weighted by molar-refractivity contribution is 0.112. The fourth-order valence-corrected chi connectivity index (χ4v) is 1.74. The first-order chi connectivity index (χ1) is 8.78. The average Bonchev–Trinajstić information content (AvgIpc) is 2.46. The molecule has 0 fully saturated rings. The molecule has 0 saturated heterocycles. The molecule has 0 amide bonds. The Balaban J connectivity index is 2.53. The molecule has 18 heavy (non-hydrogen) atoms. The van der Waals surface area contributed by atoms with Crippen molar-refractivity contribution in [1.29, 1.82) is 5.26 Å². The van der Waals surface area contributed by atoms with E-state index in [0.717, 1.165) is 17.4 Å². The molecule has 3 nitrogen and oxygen atoms in total. The summed E-state index contributed by atoms with van der Waals surface area (Å²) in [6, 6.07) is 14.5. The first-order valence-electron chi connectivity index (χ1n) is 5.42. The van der Waals surface area contributed by atoms with Gasteiger partial charge in [0.2, 0.25) is 0 Å². The van der Waals surface area contributed by atoms with Crippen LogP contribution in [0.5, 0.6) is 5.75 Å². The largest absolute Gasteiger partial charge is 0.496 e. The predicted molar refractivity (Wildman–Crippen MR) is 68.5 cm³/mol. The summed E-state index contributed by atoms with van der Waals surface area (Å²) in [7, 11) is 1.59. The molecule has 0 atom stereocenters. The van der Waals surface area contributed by atoms with E-state index < -0.39 is 0 Å². The van der Waals surface area contributed by atoms with Crippen LogP contribution in [-0.4, -0.2) is 13.4 Å². The number of hydrogen-bond donors (Lipinski definition) is 0. The minimum Gasteiger partial charge on any atom is -0.496 e. The Bertz CT molecular complexity index is 609. The van der Waals surface area contributed by atoms with Gasteiger partial charge in [0.1, 0.15) is 12.0 Å². The van der Waals surface area contributed by atoms with Gasteiger partial charge < -0.3 is 4.74 Å². The van der Waals surface area contributed by atoms with Crippen LogP contribution in [0.2, 0.25) is 0 Å². The van der Waals surface area contributed by atoms with Gasteiger partial charge in [-0.3, -0.25) is 4.79 Å². The first-order valence-corrected chi connectivity index (χ1v) is 5.42. The van der Waals surface area contributed by atoms with Crippen LogP contribution in [0.15, 0.2) is 42.5 Å². The second kappa shape index (κ2) is 5.15. The lowest BCUT2D eigenvalue weighted by Crippen LogP contribution is -1.89. The van der Waals surface area contributed by atoms with Crippen LogP contribution >= 0.6 is 0 Å². The Labute approximate surface area is 105 Å². The molecule has 0 spiro atoms. The average molecular weight is 237 g/mol. The molecule has 0 aromatic heterocycles. The van der Waals surface area contributed by atoms with Gasteiger partial charge in [0.25, 0.3) is 0 Å². The molecule has 0 heterocycles. The third-order valence-corrected chi connectivity index (χ3v) is 2.69. The SMILES string of the molecule is COc1ccc(C#N)cc1-c1ccc(C=O)cc1. The molecular formula is C15H11NO2. The molecule has 2 aromatic rings. The maximum Gasteiger partial charge on any atom is 0.150 e. The van der Waals surface area contributed by atoms with Gasteiger partial charge in [-0.25, -0.2) is 0 Å². The van der Waals surface area contributed by atoms with Crippen LogP contribution in [0.25, 0.3) is 11.1 Å². The van der Waals surface area contributed by atoms with E-state index in [-0.39, 0.29) is 0 Å². The summed E-state index contributed by atoms with van der Waals surface area (Å²) < 4.78 is 5.28. The highest BCUT2D eigenvalue weighted by atomic mass is 16.5. The maximum atomic E-state index is 10.6. The standard InChI is InChI=1S/C15H11NO2/c1-18-15-7-4-12(9-16)8-14(15)13-5-2-11(10-17)3-6-13/h2-8,10H,1H3. The van der Waals surface area contributed by atoms with Gasteiger partial charge in [-0.15, -0.1) is 0 Å². The summed E-state index contributed by atoms with van der Waals surface area (Å²) in [5.41, 5.74) is 2.95. The molecule has 88 valence electrons. The molecule has 3 heteroatoms. The van der Waals surface area contributed by atoms with E-state index in [1.807, 2.05) is 12.1 Å². The summed E-state index contributed by atoms with van der Waals surface area (Å²) in [4.78, 5) is 10.6. The van der Waals surface area contributed by atoms with E-state index >= 15 is 0 Å². The highest BCUT2D eigenvalue weighted by molar-refractivity contribution is 5.78. The van der Waals surface area contributed by atoms with Gasteiger partial charge >= 0.3 is 0 Å². The number of rotatable bonds is 3. The van der Waals surface area contributed by atoms with Crippen LogP contribution in [0.3, 0.4) is 0 Å². The van der Waals surface area contributed by atoms with E-state index in [1.54, 1.807) is 37.4 Å². The summed E-state index contributed by atoms with van der Waals surface area (Å²) in [5, 5.41) is 8.92. The molecule has 2 aromatic carbocycles. The predicted octanol–water partition coefficient (Wildman–Crippen LogP) is 3.05. The van der Waals surface area contributed by atoms with Gasteiger partial charge in [0.15, 0.2) is 0 Å². The van der Waals surface area contributed by atoms with Gasteiger partial charge in [-0.05, 0) is 23.8 Å². The molecule has 0 aliphatic rings. The van der Waals surface area contributed by atoms with Crippen molar-refractivity contribution >= 4 is 6.29 Å². The van der Waals surface area contributed by atoms with Crippen molar-refractivity contribution in [3.63, 3.8) is 0 Å². The van der Waals surface area contributed by atoms with E-state index in [0.29, 0.717) is 16.9 Å². The van der Waals surface area contributed by atoms with Crippen molar-refractivity contribution in [2.45, 2.75) is 0 Å². The molecule has 0 bridgehead atoms. The van der Waals surface area contributed by atoms with Gasteiger partial charge in [-0.2, -0.15) is 5.26 Å². The lowest BCUT2D eigenvalue weighted by Gasteiger charge is -2.09. The number of benzene rings is 2. The van der Waals surface area contributed by atoms with E-state index in [4.69, 9.17) is 10.00 Å². The zero-order chi connectivity index (χ0) is 13.0. The second-order valence-corrected chi connectivity index (χ2v) is 3.77. The maximum absolute atomic E-state index is 10.6. The van der Waals surface area contributed by atoms with Crippen LogP contribution < -0.4 is 4.74 Å². The summed E-state index contributed by atoms with van der Waals surface area (Å²) >= 11 is 0. The van der Waals surface area contributed by atoms with Crippen LogP contribution in [0.4, 0.5) is 0 Å². The van der Waals surface area contributed by atoms with Crippen LogP contribution in [0, 0.1) is 11.3 Å². The fourth-order valence-electron chi connectivity index (χ4n) is 1.74. The van der Waals surface area contributed by atoms with Crippen molar-refractivity contribution in [3.05, 3.63) is 53.6 Å². The Hall–Kier alpha value is -2.60. The number of nitriles is 1. The molecule has 0 aliphatic carbocycles. The van der Waals surface area contributed by atoms with Crippen molar-refractivity contribution in [1.82, 2.24) is 0 Å². The van der Waals surface area contributed by atoms with Crippen LogP contribution in [0.1, 0.15) is 15.9 Å². The van der Waals surface area contributed by atoms with E-state index in [9.17, 15) is 4.79 Å². The minimum atomic E-state index is 0.574. The molecule has 0 aliphatic heterocycles. The number of methoxy groups -OCH3 is 1. The Kier molecular flexibility index (Phi) is 3.40. The molecule has 0 unspecified atom stereocenters. The van der Waals surface area contributed by atoms with Crippen molar-refractivity contribution in [2.24, 2.45) is 0 Å². The molecule has 2 rings (SSSR count). The number of ether oxygens (including phenoxy) is 1. The van der Waals surface area contributed by atoms with E-state index in [2.05, 4.69) is 6.07 Å². The smallest absolute Gasteiger partial charge is 0.150 e. The molecular weight excluding hydrogens is 226 g/mol. The van der Waals surface area contributed by atoms with Gasteiger partial charge in [-0.1, -0.05) is 24.3 Å². The minimum absolute atomic E-state index is 0.574. The number of carbonyl (C=O) groups is 1. The number of carbonyl (C=O) groups excluding carboxylic acids is 1. The third-order valence-electron chi connectivity index (χ3n) is 2.69. The number of aldehydes is 1. The van der Waals surface area contributed by atoms with Crippen LogP contribution in [-0.2, 0) is 0 Å². The first kappa shape index (κ1) is 11.9. The number of hydrogen-bond acceptors (Lipinski definition) is 3. The highest BCUT2D eigenvalue weighted by Crippen LogP contribution is 2.30. The summed E-state index contributed by atoms with van der Waals surface area (Å²) in [6.07, 6.45) is 0.798. The zero-order valence-electron chi connectivity index (χ0n) is 9.88. The van der Waals surface area contributed by atoms with Crippen molar-refractivity contribution < 1.29 is 9.53 Å². The monoisotopic (exact) mass is 237 g/mol. The second-order valence-electron chi connectivity index (χ2n) is 3.77. The lowest BCUT2D eigenvalue weighted by atomic mass is 10.0. The summed E-state index contributed by atoms with van der Waals surface area (Å²) in [6.45, 7) is 0. The van der Waals surface area contributed by atoms with Crippen molar-refractivity contribution in [2.75, 3.05) is 7.11 Å². The third kappa shape index (κ3) is 2.23. The Morgan fingerprint density at radius 3 is 2.44 bits per heavy atom. The van der Waals surface area contributed by atoms with E-state index in [1.165, 1.54) is 0 Å².